The van der Waals surface area contributed by atoms with Crippen LogP contribution in [0, 0.1) is 0 Å². The largest absolute Gasteiger partial charge is 0.383 e. The Kier molecular flexibility index (Phi) is 3.78. The van der Waals surface area contributed by atoms with E-state index in [4.69, 9.17) is 5.73 Å². The van der Waals surface area contributed by atoms with Gasteiger partial charge in [-0.3, -0.25) is 0 Å². The highest BCUT2D eigenvalue weighted by Gasteiger charge is 2.05. The van der Waals surface area contributed by atoms with E-state index in [0.717, 1.165) is 17.7 Å². The van der Waals surface area contributed by atoms with Gasteiger partial charge in [0, 0.05) is 23.9 Å². The molecule has 3 rings (SSSR count). The van der Waals surface area contributed by atoms with Gasteiger partial charge in [0.05, 0.1) is 0 Å². The van der Waals surface area contributed by atoms with Crippen molar-refractivity contribution in [2.75, 3.05) is 11.1 Å². The topological polar surface area (TPSA) is 63.8 Å². The zero-order chi connectivity index (χ0) is 14.5. The van der Waals surface area contributed by atoms with E-state index >= 15 is 0 Å². The van der Waals surface area contributed by atoms with Crippen LogP contribution < -0.4 is 11.1 Å². The molecule has 3 aromatic rings. The third-order valence-electron chi connectivity index (χ3n) is 3.17. The molecule has 0 saturated heterocycles. The van der Waals surface area contributed by atoms with Crippen LogP contribution in [0.3, 0.4) is 0 Å². The quantitative estimate of drug-likeness (QED) is 0.766. The minimum Gasteiger partial charge on any atom is -0.383 e. The van der Waals surface area contributed by atoms with Crippen molar-refractivity contribution < 1.29 is 0 Å². The molecule has 0 saturated carbocycles. The van der Waals surface area contributed by atoms with Crippen LogP contribution >= 0.6 is 0 Å². The van der Waals surface area contributed by atoms with E-state index in [2.05, 4.69) is 27.4 Å². The number of rotatable bonds is 4. The molecule has 0 amide bonds. The highest BCUT2D eigenvalue weighted by atomic mass is 15.1. The normalized spacial score (nSPS) is 10.3. The van der Waals surface area contributed by atoms with E-state index in [1.807, 2.05) is 48.5 Å². The lowest BCUT2D eigenvalue weighted by molar-refractivity contribution is 1.08. The van der Waals surface area contributed by atoms with Crippen molar-refractivity contribution in [3.63, 3.8) is 0 Å². The lowest BCUT2D eigenvalue weighted by Crippen LogP contribution is -2.04. The predicted octanol–water partition coefficient (Wildman–Crippen LogP) is 3.39. The number of benzene rings is 2. The van der Waals surface area contributed by atoms with E-state index in [1.54, 1.807) is 6.20 Å². The minimum absolute atomic E-state index is 0.507. The first-order valence-electron chi connectivity index (χ1n) is 6.78. The van der Waals surface area contributed by atoms with Crippen LogP contribution in [-0.4, -0.2) is 9.97 Å². The molecule has 0 spiro atoms. The Balaban J connectivity index is 1.77. The lowest BCUT2D eigenvalue weighted by atomic mass is 10.1. The van der Waals surface area contributed by atoms with E-state index in [1.165, 1.54) is 5.56 Å². The van der Waals surface area contributed by atoms with Crippen LogP contribution in [0.5, 0.6) is 0 Å². The Morgan fingerprint density at radius 3 is 2.24 bits per heavy atom. The van der Waals surface area contributed by atoms with Crippen LogP contribution in [-0.2, 0) is 6.42 Å². The molecule has 0 aliphatic heterocycles. The molecule has 0 aliphatic carbocycles. The van der Waals surface area contributed by atoms with Gasteiger partial charge in [-0.1, -0.05) is 48.5 Å². The van der Waals surface area contributed by atoms with Crippen LogP contribution in [0.4, 0.5) is 17.5 Å². The Morgan fingerprint density at radius 1 is 0.905 bits per heavy atom. The number of nitrogen functional groups attached to an aromatic ring is 1. The second-order valence-electron chi connectivity index (χ2n) is 4.76. The molecule has 0 unspecified atom stereocenters. The summed E-state index contributed by atoms with van der Waals surface area (Å²) < 4.78 is 0. The lowest BCUT2D eigenvalue weighted by Gasteiger charge is -2.08. The number of para-hydroxylation sites is 1. The van der Waals surface area contributed by atoms with Gasteiger partial charge in [0.15, 0.2) is 0 Å². The van der Waals surface area contributed by atoms with Crippen molar-refractivity contribution in [2.24, 2.45) is 0 Å². The minimum atomic E-state index is 0.507. The van der Waals surface area contributed by atoms with Gasteiger partial charge in [-0.15, -0.1) is 0 Å². The second-order valence-corrected chi connectivity index (χ2v) is 4.76. The summed E-state index contributed by atoms with van der Waals surface area (Å²) in [5.74, 6) is 1.02. The zero-order valence-corrected chi connectivity index (χ0v) is 11.5. The summed E-state index contributed by atoms with van der Waals surface area (Å²) in [5, 5.41) is 3.13. The predicted molar refractivity (Wildman–Crippen MR) is 85.4 cm³/mol. The van der Waals surface area contributed by atoms with Crippen LogP contribution in [0.15, 0.2) is 66.9 Å². The summed E-state index contributed by atoms with van der Waals surface area (Å²) in [4.78, 5) is 8.65. The maximum Gasteiger partial charge on any atom is 0.229 e. The second kappa shape index (κ2) is 6.05. The third-order valence-corrected chi connectivity index (χ3v) is 3.17. The standard InChI is InChI=1S/C17H16N4/c18-16-14(11-13-7-3-1-4-8-13)12-19-17(21-16)20-15-9-5-2-6-10-15/h1-10,12H,11H2,(H3,18,19,20,21). The molecule has 1 heterocycles. The maximum atomic E-state index is 6.03. The molecule has 0 aliphatic rings. The Labute approximate surface area is 123 Å². The number of anilines is 3. The van der Waals surface area contributed by atoms with Crippen molar-refractivity contribution in [3.8, 4) is 0 Å². The Bertz CT molecular complexity index is 711. The number of aromatic nitrogens is 2. The highest BCUT2D eigenvalue weighted by molar-refractivity contribution is 5.55. The molecule has 4 nitrogen and oxygen atoms in total. The summed E-state index contributed by atoms with van der Waals surface area (Å²) in [5.41, 5.74) is 9.09. The number of nitrogens with one attached hydrogen (secondary N) is 1. The van der Waals surface area contributed by atoms with Crippen molar-refractivity contribution in [1.29, 1.82) is 0 Å². The van der Waals surface area contributed by atoms with Gasteiger partial charge in [0.2, 0.25) is 5.95 Å². The molecule has 0 bridgehead atoms. The van der Waals surface area contributed by atoms with Crippen LogP contribution in [0.2, 0.25) is 0 Å². The number of hydrogen-bond donors (Lipinski definition) is 2. The van der Waals surface area contributed by atoms with Crippen LogP contribution in [0.1, 0.15) is 11.1 Å². The van der Waals surface area contributed by atoms with E-state index in [9.17, 15) is 0 Å². The van der Waals surface area contributed by atoms with Crippen LogP contribution in [0.25, 0.3) is 0 Å². The highest BCUT2D eigenvalue weighted by Crippen LogP contribution is 2.17. The van der Waals surface area contributed by atoms with Gasteiger partial charge in [-0.25, -0.2) is 4.98 Å². The molecule has 3 N–H and O–H groups in total. The zero-order valence-electron chi connectivity index (χ0n) is 11.5. The fourth-order valence-electron chi connectivity index (χ4n) is 2.08. The first kappa shape index (κ1) is 13.1. The van der Waals surface area contributed by atoms with Gasteiger partial charge < -0.3 is 11.1 Å². The fraction of sp³-hybridized carbons (Fsp3) is 0.0588. The molecule has 2 aromatic carbocycles. The molecule has 4 heteroatoms. The summed E-state index contributed by atoms with van der Waals surface area (Å²) in [6.45, 7) is 0. The number of nitrogens with two attached hydrogens (primary N) is 1. The summed E-state index contributed by atoms with van der Waals surface area (Å²) >= 11 is 0. The molecular formula is C17H16N4. The summed E-state index contributed by atoms with van der Waals surface area (Å²) in [6, 6.07) is 19.9. The Morgan fingerprint density at radius 2 is 1.57 bits per heavy atom. The molecule has 0 fully saturated rings. The van der Waals surface area contributed by atoms with E-state index < -0.39 is 0 Å². The number of hydrogen-bond acceptors (Lipinski definition) is 4. The number of nitrogens with zero attached hydrogens (tertiary/aromatic N) is 2. The van der Waals surface area contributed by atoms with Crippen molar-refractivity contribution in [3.05, 3.63) is 78.0 Å². The fourth-order valence-corrected chi connectivity index (χ4v) is 2.08. The molecule has 0 atom stereocenters. The molecule has 21 heavy (non-hydrogen) atoms. The molecular weight excluding hydrogens is 260 g/mol. The SMILES string of the molecule is Nc1nc(Nc2ccccc2)ncc1Cc1ccccc1. The van der Waals surface area contributed by atoms with Gasteiger partial charge in [-0.2, -0.15) is 4.98 Å². The monoisotopic (exact) mass is 276 g/mol. The summed E-state index contributed by atoms with van der Waals surface area (Å²) in [7, 11) is 0. The van der Waals surface area contributed by atoms with E-state index in [-0.39, 0.29) is 0 Å². The first-order valence-corrected chi connectivity index (χ1v) is 6.78. The van der Waals surface area contributed by atoms with E-state index in [0.29, 0.717) is 11.8 Å². The van der Waals surface area contributed by atoms with Crippen molar-refractivity contribution in [2.45, 2.75) is 6.42 Å². The van der Waals surface area contributed by atoms with Gasteiger partial charge in [0.25, 0.3) is 0 Å². The maximum absolute atomic E-state index is 6.03. The average Bonchev–Trinajstić information content (AvgIpc) is 2.52. The molecule has 104 valence electrons. The third kappa shape index (κ3) is 3.36. The van der Waals surface area contributed by atoms with Gasteiger partial charge >= 0.3 is 0 Å². The smallest absolute Gasteiger partial charge is 0.229 e. The Hall–Kier alpha value is -2.88. The van der Waals surface area contributed by atoms with Gasteiger partial charge in [-0.05, 0) is 17.7 Å². The average molecular weight is 276 g/mol. The van der Waals surface area contributed by atoms with Crippen molar-refractivity contribution in [1.82, 2.24) is 9.97 Å². The van der Waals surface area contributed by atoms with Crippen molar-refractivity contribution >= 4 is 17.5 Å². The van der Waals surface area contributed by atoms with Gasteiger partial charge in [0.1, 0.15) is 5.82 Å². The molecule has 0 radical (unpaired) electrons. The first-order chi connectivity index (χ1) is 10.3. The molecule has 1 aromatic heterocycles. The summed E-state index contributed by atoms with van der Waals surface area (Å²) in [6.07, 6.45) is 2.51.